The number of piperazine rings is 1. The Morgan fingerprint density at radius 2 is 1.76 bits per heavy atom. The first-order valence-corrected chi connectivity index (χ1v) is 11.9. The maximum Gasteiger partial charge on any atom is 0.266 e. The largest absolute Gasteiger partial charge is 0.481 e. The van der Waals surface area contributed by atoms with Crippen LogP contribution in [0.4, 0.5) is 19.0 Å². The van der Waals surface area contributed by atoms with Crippen LogP contribution in [-0.2, 0) is 11.3 Å². The fourth-order valence-electron chi connectivity index (χ4n) is 4.25. The number of halogens is 3. The zero-order chi connectivity index (χ0) is 26.6. The topological polar surface area (TPSA) is 89.3 Å². The van der Waals surface area contributed by atoms with Crippen molar-refractivity contribution in [3.8, 4) is 28.7 Å². The summed E-state index contributed by atoms with van der Waals surface area (Å²) in [6.45, 7) is 2.01. The first-order valence-electron chi connectivity index (χ1n) is 11.9. The van der Waals surface area contributed by atoms with Gasteiger partial charge in [0.25, 0.3) is 6.43 Å². The lowest BCUT2D eigenvalue weighted by Crippen LogP contribution is -2.50. The summed E-state index contributed by atoms with van der Waals surface area (Å²) >= 11 is 0. The Balaban J connectivity index is 1.36. The molecule has 0 spiro atoms. The number of anilines is 1. The highest BCUT2D eigenvalue weighted by Crippen LogP contribution is 2.28. The number of ether oxygens (including phenoxy) is 1. The Labute approximate surface area is 216 Å². The molecule has 1 saturated heterocycles. The zero-order valence-electron chi connectivity index (χ0n) is 20.5. The fourth-order valence-corrected chi connectivity index (χ4v) is 4.25. The van der Waals surface area contributed by atoms with E-state index in [1.54, 1.807) is 11.0 Å². The number of carbonyl (C=O) groups excluding carboxylic acids is 1. The van der Waals surface area contributed by atoms with Gasteiger partial charge in [-0.2, -0.15) is 0 Å². The molecule has 1 aliphatic heterocycles. The highest BCUT2D eigenvalue weighted by molar-refractivity contribution is 5.77. The molecular weight excluding hydrogens is 499 g/mol. The first-order chi connectivity index (χ1) is 18.4. The van der Waals surface area contributed by atoms with E-state index in [2.05, 4.69) is 20.1 Å². The molecular formula is C26H24F3N7O2. The van der Waals surface area contributed by atoms with Gasteiger partial charge in [-0.3, -0.25) is 4.79 Å². The normalized spacial score (nSPS) is 13.7. The number of amides is 1. The highest BCUT2D eigenvalue weighted by atomic mass is 19.3. The second kappa shape index (κ2) is 10.9. The fraction of sp³-hybridized carbons (Fsp3) is 0.269. The van der Waals surface area contributed by atoms with E-state index in [0.717, 1.165) is 18.0 Å². The van der Waals surface area contributed by atoms with Crippen LogP contribution in [0.15, 0.2) is 60.9 Å². The Hall–Kier alpha value is -4.48. The van der Waals surface area contributed by atoms with Crippen molar-refractivity contribution >= 4 is 11.7 Å². The lowest BCUT2D eigenvalue weighted by Gasteiger charge is -2.35. The molecule has 2 aromatic carbocycles. The monoisotopic (exact) mass is 523 g/mol. The van der Waals surface area contributed by atoms with Gasteiger partial charge >= 0.3 is 0 Å². The van der Waals surface area contributed by atoms with E-state index >= 15 is 0 Å². The quantitative estimate of drug-likeness (QED) is 0.364. The predicted octanol–water partition coefficient (Wildman–Crippen LogP) is 3.84. The van der Waals surface area contributed by atoms with Gasteiger partial charge in [-0.05, 0) is 18.2 Å². The molecule has 1 amide bonds. The standard InChI is InChI=1S/C26H24F3N7O2/c1-38-22-14-21(30-16-31-22)34-9-11-35(12-10-34)23(37)15-36-26(17-5-3-2-4-6-17)32-25(33-36)18-7-8-20(27)19(13-18)24(28)29/h2-8,13-14,16,24H,9-12,15H2,1H3. The zero-order valence-corrected chi connectivity index (χ0v) is 20.5. The lowest BCUT2D eigenvalue weighted by molar-refractivity contribution is -0.132. The molecule has 12 heteroatoms. The van der Waals surface area contributed by atoms with E-state index in [9.17, 15) is 18.0 Å². The van der Waals surface area contributed by atoms with Gasteiger partial charge in [0.05, 0.1) is 12.7 Å². The number of hydrogen-bond donors (Lipinski definition) is 0. The summed E-state index contributed by atoms with van der Waals surface area (Å²) in [6.07, 6.45) is -1.54. The molecule has 0 unspecified atom stereocenters. The van der Waals surface area contributed by atoms with Crippen LogP contribution in [0.1, 0.15) is 12.0 Å². The lowest BCUT2D eigenvalue weighted by atomic mass is 10.1. The third-order valence-corrected chi connectivity index (χ3v) is 6.27. The summed E-state index contributed by atoms with van der Waals surface area (Å²) < 4.78 is 47.0. The molecule has 2 aromatic heterocycles. The average molecular weight is 524 g/mol. The SMILES string of the molecule is COc1cc(N2CCN(C(=O)Cn3nc(-c4ccc(F)c(C(F)F)c4)nc3-c3ccccc3)CC2)ncn1. The van der Waals surface area contributed by atoms with Crippen LogP contribution in [-0.4, -0.2) is 68.8 Å². The van der Waals surface area contributed by atoms with Crippen molar-refractivity contribution in [1.29, 1.82) is 0 Å². The van der Waals surface area contributed by atoms with E-state index < -0.39 is 17.8 Å². The Morgan fingerprint density at radius 1 is 1.00 bits per heavy atom. The average Bonchev–Trinajstić information content (AvgIpc) is 3.37. The molecule has 0 bridgehead atoms. The minimum absolute atomic E-state index is 0.0958. The second-order valence-electron chi connectivity index (χ2n) is 8.61. The minimum atomic E-state index is -2.98. The summed E-state index contributed by atoms with van der Waals surface area (Å²) in [6, 6.07) is 14.2. The Morgan fingerprint density at radius 3 is 2.47 bits per heavy atom. The van der Waals surface area contributed by atoms with Crippen LogP contribution in [0, 0.1) is 5.82 Å². The van der Waals surface area contributed by atoms with Gasteiger partial charge in [0.1, 0.15) is 24.5 Å². The number of hydrogen-bond acceptors (Lipinski definition) is 7. The van der Waals surface area contributed by atoms with Crippen LogP contribution in [0.3, 0.4) is 0 Å². The third kappa shape index (κ3) is 5.29. The number of carbonyl (C=O) groups is 1. The second-order valence-corrected chi connectivity index (χ2v) is 8.61. The first kappa shape index (κ1) is 25.2. The van der Waals surface area contributed by atoms with Crippen molar-refractivity contribution < 1.29 is 22.7 Å². The van der Waals surface area contributed by atoms with Crippen molar-refractivity contribution in [2.24, 2.45) is 0 Å². The molecule has 1 aliphatic rings. The summed E-state index contributed by atoms with van der Waals surface area (Å²) in [5.74, 6) is 0.557. The van der Waals surface area contributed by atoms with Crippen LogP contribution >= 0.6 is 0 Å². The molecule has 0 atom stereocenters. The molecule has 0 N–H and O–H groups in total. The molecule has 0 saturated carbocycles. The van der Waals surface area contributed by atoms with Gasteiger partial charge in [0.15, 0.2) is 11.6 Å². The molecule has 196 valence electrons. The summed E-state index contributed by atoms with van der Waals surface area (Å²) in [4.78, 5) is 29.9. The van der Waals surface area contributed by atoms with E-state index in [1.807, 2.05) is 35.2 Å². The summed E-state index contributed by atoms with van der Waals surface area (Å²) in [5.41, 5.74) is 0.215. The third-order valence-electron chi connectivity index (χ3n) is 6.27. The highest BCUT2D eigenvalue weighted by Gasteiger charge is 2.25. The Kier molecular flexibility index (Phi) is 7.20. The van der Waals surface area contributed by atoms with Crippen molar-refractivity contribution in [1.82, 2.24) is 29.6 Å². The molecule has 4 aromatic rings. The number of methoxy groups -OCH3 is 1. The van der Waals surface area contributed by atoms with Crippen molar-refractivity contribution in [3.05, 3.63) is 72.3 Å². The number of aromatic nitrogens is 5. The van der Waals surface area contributed by atoms with Crippen LogP contribution in [0.2, 0.25) is 0 Å². The molecule has 5 rings (SSSR count). The molecule has 1 fully saturated rings. The van der Waals surface area contributed by atoms with Crippen LogP contribution in [0.5, 0.6) is 5.88 Å². The van der Waals surface area contributed by atoms with Gasteiger partial charge in [0.2, 0.25) is 11.8 Å². The van der Waals surface area contributed by atoms with Gasteiger partial charge < -0.3 is 14.5 Å². The smallest absolute Gasteiger partial charge is 0.266 e. The molecule has 3 heterocycles. The summed E-state index contributed by atoms with van der Waals surface area (Å²) in [5, 5.41) is 4.45. The van der Waals surface area contributed by atoms with Gasteiger partial charge in [-0.25, -0.2) is 32.8 Å². The van der Waals surface area contributed by atoms with E-state index in [-0.39, 0.29) is 23.8 Å². The molecule has 9 nitrogen and oxygen atoms in total. The minimum Gasteiger partial charge on any atom is -0.481 e. The predicted molar refractivity (Wildman–Crippen MR) is 133 cm³/mol. The number of alkyl halides is 2. The van der Waals surface area contributed by atoms with Gasteiger partial charge in [-0.1, -0.05) is 30.3 Å². The Bertz CT molecular complexity index is 1420. The van der Waals surface area contributed by atoms with Gasteiger partial charge in [0, 0.05) is 43.4 Å². The van der Waals surface area contributed by atoms with E-state index in [0.29, 0.717) is 43.4 Å². The summed E-state index contributed by atoms with van der Waals surface area (Å²) in [7, 11) is 1.54. The van der Waals surface area contributed by atoms with E-state index in [1.165, 1.54) is 24.2 Å². The molecule has 0 radical (unpaired) electrons. The molecule has 0 aliphatic carbocycles. The maximum atomic E-state index is 13.8. The molecule has 38 heavy (non-hydrogen) atoms. The van der Waals surface area contributed by atoms with Crippen molar-refractivity contribution in [2.75, 3.05) is 38.2 Å². The van der Waals surface area contributed by atoms with Crippen molar-refractivity contribution in [2.45, 2.75) is 13.0 Å². The number of nitrogens with zero attached hydrogens (tertiary/aromatic N) is 7. The maximum absolute atomic E-state index is 13.8. The van der Waals surface area contributed by atoms with Crippen molar-refractivity contribution in [3.63, 3.8) is 0 Å². The van der Waals surface area contributed by atoms with E-state index in [4.69, 9.17) is 4.74 Å². The van der Waals surface area contributed by atoms with Crippen LogP contribution < -0.4 is 9.64 Å². The number of benzene rings is 2. The van der Waals surface area contributed by atoms with Gasteiger partial charge in [-0.15, -0.1) is 5.10 Å². The van der Waals surface area contributed by atoms with Crippen LogP contribution in [0.25, 0.3) is 22.8 Å². The number of rotatable bonds is 7.